The Morgan fingerprint density at radius 2 is 1.32 bits per heavy atom. The molecule has 7 heteroatoms. The van der Waals surface area contributed by atoms with E-state index in [0.717, 1.165) is 11.3 Å². The van der Waals surface area contributed by atoms with E-state index < -0.39 is 23.5 Å². The minimum Gasteiger partial charge on any atom is -0.166 e. The molecule has 2 aromatic rings. The molecule has 0 saturated heterocycles. The fraction of sp³-hybridized carbons (Fsp3) is 0.167. The molecule has 0 aliphatic heterocycles. The lowest BCUT2D eigenvalue weighted by Gasteiger charge is -2.13. The summed E-state index contributed by atoms with van der Waals surface area (Å²) < 4.78 is 75.6. The van der Waals surface area contributed by atoms with Crippen LogP contribution in [0.5, 0.6) is 0 Å². The molecule has 0 fully saturated rings. The van der Waals surface area contributed by atoms with Crippen molar-refractivity contribution in [1.82, 2.24) is 0 Å². The highest BCUT2D eigenvalue weighted by molar-refractivity contribution is 7.07. The van der Waals surface area contributed by atoms with Crippen molar-refractivity contribution in [3.8, 4) is 11.1 Å². The summed E-state index contributed by atoms with van der Waals surface area (Å²) >= 11 is 1.07. The average molecular weight is 295 g/mol. The third kappa shape index (κ3) is 3.09. The number of hydrogen-bond donors (Lipinski definition) is 0. The van der Waals surface area contributed by atoms with Gasteiger partial charge in [0.1, 0.15) is 0 Å². The summed E-state index contributed by atoms with van der Waals surface area (Å²) in [6.07, 6.45) is -9.65. The predicted octanol–water partition coefficient (Wildman–Crippen LogP) is 5.25. The molecule has 0 aliphatic rings. The molecule has 1 aromatic heterocycles. The quantitative estimate of drug-likeness (QED) is 0.630. The molecule has 1 aromatic carbocycles. The van der Waals surface area contributed by atoms with E-state index in [0.29, 0.717) is 12.1 Å². The molecule has 0 unspecified atom stereocenters. The number of rotatable bonds is 1. The molecule has 101 valence electrons. The second-order valence-electron chi connectivity index (χ2n) is 3.75. The molecule has 0 spiro atoms. The second-order valence-corrected chi connectivity index (χ2v) is 4.45. The van der Waals surface area contributed by atoms with Crippen LogP contribution in [0.3, 0.4) is 0 Å². The van der Waals surface area contributed by atoms with Crippen LogP contribution in [0.4, 0.5) is 26.3 Å². The Balaban J connectivity index is 2.62. The van der Waals surface area contributed by atoms with Gasteiger partial charge < -0.3 is 0 Å². The van der Waals surface area contributed by atoms with E-state index in [1.165, 1.54) is 11.4 Å². The molecule has 0 aliphatic carbocycles. The van der Waals surface area contributed by atoms with Crippen LogP contribution in [0.1, 0.15) is 11.1 Å². The Labute approximate surface area is 108 Å². The van der Waals surface area contributed by atoms with Crippen molar-refractivity contribution in [3.05, 3.63) is 46.2 Å². The van der Waals surface area contributed by atoms with Gasteiger partial charge in [0.15, 0.2) is 0 Å². The minimum absolute atomic E-state index is 0.111. The van der Waals surface area contributed by atoms with Gasteiger partial charge in [-0.05, 0) is 40.8 Å². The van der Waals surface area contributed by atoms with E-state index in [1.807, 2.05) is 0 Å². The molecular weight excluding hydrogens is 290 g/mol. The molecule has 1 heterocycles. The highest BCUT2D eigenvalue weighted by Gasteiger charge is 2.36. The lowest BCUT2D eigenvalue weighted by molar-refractivity contribution is -0.143. The van der Waals surface area contributed by atoms with Gasteiger partial charge in [-0.2, -0.15) is 26.3 Å². The van der Waals surface area contributed by atoms with Gasteiger partial charge in [0, 0.05) is 5.38 Å². The second kappa shape index (κ2) is 4.56. The van der Waals surface area contributed by atoms with Crippen LogP contribution < -0.4 is 0 Å². The van der Waals surface area contributed by atoms with Gasteiger partial charge in [0.05, 0.1) is 11.1 Å². The molecule has 0 atom stereocenters. The van der Waals surface area contributed by atoms with Crippen molar-refractivity contribution in [3.63, 3.8) is 0 Å². The summed E-state index contributed by atoms with van der Waals surface area (Å²) in [5.74, 6) is 0. The molecule has 0 saturated carbocycles. The number of hydrogen-bond acceptors (Lipinski definition) is 1. The Kier molecular flexibility index (Phi) is 3.34. The van der Waals surface area contributed by atoms with E-state index in [9.17, 15) is 26.3 Å². The largest absolute Gasteiger partial charge is 0.416 e. The van der Waals surface area contributed by atoms with Crippen LogP contribution in [-0.2, 0) is 12.4 Å². The first-order chi connectivity index (χ1) is 8.68. The predicted molar refractivity (Wildman–Crippen MR) is 58.6 cm³/mol. The van der Waals surface area contributed by atoms with E-state index in [-0.39, 0.29) is 17.2 Å². The monoisotopic (exact) mass is 295 g/mol. The average Bonchev–Trinajstić information content (AvgIpc) is 2.79. The highest BCUT2D eigenvalue weighted by Crippen LogP contribution is 2.38. The zero-order valence-corrected chi connectivity index (χ0v) is 9.88. The van der Waals surface area contributed by atoms with E-state index in [1.54, 1.807) is 0 Å². The SMILES string of the molecule is FC(F)(F)c1cc(-c2c[c]sc2)cc(C(F)(F)F)c1. The number of benzene rings is 1. The highest BCUT2D eigenvalue weighted by atomic mass is 32.1. The summed E-state index contributed by atoms with van der Waals surface area (Å²) in [6, 6.07) is 2.86. The van der Waals surface area contributed by atoms with Crippen molar-refractivity contribution in [2.24, 2.45) is 0 Å². The maximum Gasteiger partial charge on any atom is 0.416 e. The first kappa shape index (κ1) is 13.9. The zero-order chi connectivity index (χ0) is 14.3. The summed E-state index contributed by atoms with van der Waals surface area (Å²) in [7, 11) is 0. The van der Waals surface area contributed by atoms with Gasteiger partial charge in [-0.25, -0.2) is 0 Å². The number of alkyl halides is 6. The fourth-order valence-corrected chi connectivity index (χ4v) is 2.10. The molecule has 0 amide bonds. The molecule has 2 rings (SSSR count). The van der Waals surface area contributed by atoms with Crippen molar-refractivity contribution in [1.29, 1.82) is 0 Å². The number of thiophene rings is 1. The van der Waals surface area contributed by atoms with Crippen LogP contribution >= 0.6 is 11.3 Å². The van der Waals surface area contributed by atoms with E-state index in [2.05, 4.69) is 5.38 Å². The first-order valence-corrected chi connectivity index (χ1v) is 5.80. The topological polar surface area (TPSA) is 0 Å². The summed E-state index contributed by atoms with van der Waals surface area (Å²) in [5.41, 5.74) is -2.48. The Bertz CT molecular complexity index is 533. The minimum atomic E-state index is -4.82. The van der Waals surface area contributed by atoms with Crippen LogP contribution in [0.25, 0.3) is 11.1 Å². The van der Waals surface area contributed by atoms with Crippen molar-refractivity contribution in [2.45, 2.75) is 12.4 Å². The van der Waals surface area contributed by atoms with Crippen molar-refractivity contribution >= 4 is 11.3 Å². The Morgan fingerprint density at radius 3 is 1.68 bits per heavy atom. The molecule has 19 heavy (non-hydrogen) atoms. The standard InChI is InChI=1S/C12H5F6S/c13-11(14,15)9-3-8(7-1-2-19-6-7)4-10(5-9)12(16,17)18/h1,3-6H. The Hall–Kier alpha value is -1.50. The zero-order valence-electron chi connectivity index (χ0n) is 9.06. The number of halogens is 6. The summed E-state index contributed by atoms with van der Waals surface area (Å²) in [6.45, 7) is 0. The van der Waals surface area contributed by atoms with Crippen molar-refractivity contribution < 1.29 is 26.3 Å². The molecule has 0 nitrogen and oxygen atoms in total. The molecule has 0 bridgehead atoms. The van der Waals surface area contributed by atoms with Gasteiger partial charge in [-0.3, -0.25) is 0 Å². The lowest BCUT2D eigenvalue weighted by atomic mass is 10.0. The van der Waals surface area contributed by atoms with Crippen LogP contribution in [0, 0.1) is 5.38 Å². The third-order valence-corrected chi connectivity index (χ3v) is 3.02. The van der Waals surface area contributed by atoms with E-state index in [4.69, 9.17) is 0 Å². The van der Waals surface area contributed by atoms with Gasteiger partial charge in [0.2, 0.25) is 0 Å². The summed E-state index contributed by atoms with van der Waals surface area (Å²) in [5, 5.41) is 4.06. The van der Waals surface area contributed by atoms with Gasteiger partial charge >= 0.3 is 12.4 Å². The fourth-order valence-electron chi connectivity index (χ4n) is 1.50. The first-order valence-electron chi connectivity index (χ1n) is 4.92. The smallest absolute Gasteiger partial charge is 0.166 e. The van der Waals surface area contributed by atoms with Gasteiger partial charge in [0.25, 0.3) is 0 Å². The van der Waals surface area contributed by atoms with Crippen LogP contribution in [0.2, 0.25) is 0 Å². The van der Waals surface area contributed by atoms with Gasteiger partial charge in [-0.15, -0.1) is 11.3 Å². The van der Waals surface area contributed by atoms with Gasteiger partial charge in [-0.1, -0.05) is 0 Å². The molecule has 1 radical (unpaired) electrons. The van der Waals surface area contributed by atoms with Crippen LogP contribution in [-0.4, -0.2) is 0 Å². The molecular formula is C12H5F6S. The maximum absolute atomic E-state index is 12.6. The molecule has 0 N–H and O–H groups in total. The maximum atomic E-state index is 12.6. The Morgan fingerprint density at radius 1 is 0.789 bits per heavy atom. The third-order valence-electron chi connectivity index (χ3n) is 2.39. The van der Waals surface area contributed by atoms with Crippen LogP contribution in [0.15, 0.2) is 29.6 Å². The van der Waals surface area contributed by atoms with Crippen molar-refractivity contribution in [2.75, 3.05) is 0 Å². The normalized spacial score (nSPS) is 12.7. The van der Waals surface area contributed by atoms with E-state index >= 15 is 0 Å². The lowest BCUT2D eigenvalue weighted by Crippen LogP contribution is -2.10. The summed E-state index contributed by atoms with van der Waals surface area (Å²) in [4.78, 5) is 0.